The van der Waals surface area contributed by atoms with Gasteiger partial charge in [0.1, 0.15) is 0 Å². The number of oxime groups is 1. The van der Waals surface area contributed by atoms with Crippen LogP contribution in [0.1, 0.15) is 29.8 Å². The summed E-state index contributed by atoms with van der Waals surface area (Å²) in [6.45, 7) is 3.21. The molecule has 13 heavy (non-hydrogen) atoms. The Morgan fingerprint density at radius 3 is 2.00 bits per heavy atom. The van der Waals surface area contributed by atoms with E-state index in [2.05, 4.69) is 5.16 Å². The number of carbonyl (C=O) groups excluding carboxylic acids is 1. The van der Waals surface area contributed by atoms with Gasteiger partial charge in [-0.25, -0.2) is 0 Å². The van der Waals surface area contributed by atoms with E-state index in [0.717, 1.165) is 5.56 Å². The van der Waals surface area contributed by atoms with E-state index in [1.54, 1.807) is 31.2 Å². The second-order valence-electron chi connectivity index (χ2n) is 2.82. The molecule has 0 saturated carbocycles. The Morgan fingerprint density at radius 2 is 1.62 bits per heavy atom. The second kappa shape index (κ2) is 3.85. The van der Waals surface area contributed by atoms with Gasteiger partial charge < -0.3 is 5.21 Å². The highest BCUT2D eigenvalue weighted by atomic mass is 16.4. The lowest BCUT2D eigenvalue weighted by Crippen LogP contribution is -1.96. The minimum absolute atomic E-state index is 0.0325. The topological polar surface area (TPSA) is 49.7 Å². The summed E-state index contributed by atoms with van der Waals surface area (Å²) >= 11 is 0. The summed E-state index contributed by atoms with van der Waals surface area (Å²) < 4.78 is 0. The predicted molar refractivity (Wildman–Crippen MR) is 50.4 cm³/mol. The van der Waals surface area contributed by atoms with Gasteiger partial charge in [0.2, 0.25) is 0 Å². The van der Waals surface area contributed by atoms with Gasteiger partial charge >= 0.3 is 0 Å². The zero-order valence-corrected chi connectivity index (χ0v) is 7.61. The Bertz CT molecular complexity index is 338. The molecule has 0 atom stereocenters. The van der Waals surface area contributed by atoms with E-state index >= 15 is 0 Å². The molecule has 0 amide bonds. The number of hydrogen-bond acceptors (Lipinski definition) is 3. The zero-order valence-electron chi connectivity index (χ0n) is 7.61. The molecule has 0 fully saturated rings. The van der Waals surface area contributed by atoms with Gasteiger partial charge in [-0.3, -0.25) is 4.79 Å². The third-order valence-electron chi connectivity index (χ3n) is 1.86. The lowest BCUT2D eigenvalue weighted by Gasteiger charge is -1.99. The molecule has 1 aromatic rings. The van der Waals surface area contributed by atoms with E-state index in [1.165, 1.54) is 6.92 Å². The highest BCUT2D eigenvalue weighted by Crippen LogP contribution is 2.06. The van der Waals surface area contributed by atoms with Crippen LogP contribution in [0.25, 0.3) is 0 Å². The van der Waals surface area contributed by atoms with Crippen molar-refractivity contribution >= 4 is 11.5 Å². The van der Waals surface area contributed by atoms with Gasteiger partial charge in [0.25, 0.3) is 0 Å². The standard InChI is InChI=1S/C10H11NO2/c1-7(11-13)9-3-5-10(6-4-9)8(2)12/h3-6,13H,1-2H3. The molecule has 68 valence electrons. The average Bonchev–Trinajstić information content (AvgIpc) is 2.17. The van der Waals surface area contributed by atoms with Crippen LogP contribution in [0, 0.1) is 0 Å². The van der Waals surface area contributed by atoms with Crippen LogP contribution in [-0.4, -0.2) is 16.7 Å². The molecule has 0 radical (unpaired) electrons. The van der Waals surface area contributed by atoms with Crippen LogP contribution in [-0.2, 0) is 0 Å². The zero-order chi connectivity index (χ0) is 9.84. The summed E-state index contributed by atoms with van der Waals surface area (Å²) in [6, 6.07) is 6.94. The minimum atomic E-state index is 0.0325. The van der Waals surface area contributed by atoms with E-state index in [4.69, 9.17) is 5.21 Å². The lowest BCUT2D eigenvalue weighted by atomic mass is 10.1. The first-order valence-electron chi connectivity index (χ1n) is 3.95. The Kier molecular flexibility index (Phi) is 2.80. The molecule has 0 bridgehead atoms. The predicted octanol–water partition coefficient (Wildman–Crippen LogP) is 2.09. The molecule has 1 N–H and O–H groups in total. The molecule has 0 aliphatic heterocycles. The number of hydrogen-bond donors (Lipinski definition) is 1. The molecule has 1 aromatic carbocycles. The monoisotopic (exact) mass is 177 g/mol. The molecule has 1 rings (SSSR count). The normalized spacial score (nSPS) is 11.4. The average molecular weight is 177 g/mol. The van der Waals surface area contributed by atoms with Crippen molar-refractivity contribution in [3.8, 4) is 0 Å². The van der Waals surface area contributed by atoms with Crippen LogP contribution in [0.2, 0.25) is 0 Å². The minimum Gasteiger partial charge on any atom is -0.411 e. The molecule has 3 heteroatoms. The summed E-state index contributed by atoms with van der Waals surface area (Å²) in [4.78, 5) is 10.9. The van der Waals surface area contributed by atoms with Crippen molar-refractivity contribution in [1.29, 1.82) is 0 Å². The first-order valence-corrected chi connectivity index (χ1v) is 3.95. The highest BCUT2D eigenvalue weighted by Gasteiger charge is 2.00. The fourth-order valence-corrected chi connectivity index (χ4v) is 1.00. The number of benzene rings is 1. The Labute approximate surface area is 76.7 Å². The molecule has 0 unspecified atom stereocenters. The summed E-state index contributed by atoms with van der Waals surface area (Å²) in [5.74, 6) is 0.0325. The van der Waals surface area contributed by atoms with Crippen molar-refractivity contribution in [2.75, 3.05) is 0 Å². The van der Waals surface area contributed by atoms with Gasteiger partial charge in [-0.1, -0.05) is 29.4 Å². The molecule has 0 aromatic heterocycles. The van der Waals surface area contributed by atoms with Crippen molar-refractivity contribution in [1.82, 2.24) is 0 Å². The maximum Gasteiger partial charge on any atom is 0.159 e. The van der Waals surface area contributed by atoms with Crippen LogP contribution in [0.15, 0.2) is 29.4 Å². The number of Topliss-reactive ketones (excluding diaryl/α,β-unsaturated/α-hetero) is 1. The molecule has 0 aliphatic rings. The maximum atomic E-state index is 10.9. The fourth-order valence-electron chi connectivity index (χ4n) is 1.00. The molecular formula is C10H11NO2. The van der Waals surface area contributed by atoms with E-state index in [1.807, 2.05) is 0 Å². The van der Waals surface area contributed by atoms with Crippen LogP contribution < -0.4 is 0 Å². The van der Waals surface area contributed by atoms with E-state index in [9.17, 15) is 4.79 Å². The molecule has 0 aliphatic carbocycles. The summed E-state index contributed by atoms with van der Waals surface area (Å²) in [5, 5.41) is 11.6. The SMILES string of the molecule is CC(=O)c1ccc(C(C)=NO)cc1. The quantitative estimate of drug-likeness (QED) is 0.325. The Morgan fingerprint density at radius 1 is 1.15 bits per heavy atom. The van der Waals surface area contributed by atoms with Gasteiger partial charge in [-0.05, 0) is 19.4 Å². The van der Waals surface area contributed by atoms with Gasteiger partial charge in [0, 0.05) is 5.56 Å². The maximum absolute atomic E-state index is 10.9. The molecule has 0 saturated heterocycles. The largest absolute Gasteiger partial charge is 0.411 e. The highest BCUT2D eigenvalue weighted by molar-refractivity contribution is 6.00. The van der Waals surface area contributed by atoms with Crippen LogP contribution in [0.3, 0.4) is 0 Å². The number of nitrogens with zero attached hydrogens (tertiary/aromatic N) is 1. The van der Waals surface area contributed by atoms with Gasteiger partial charge in [0.15, 0.2) is 5.78 Å². The number of rotatable bonds is 2. The Balaban J connectivity index is 3.00. The van der Waals surface area contributed by atoms with Gasteiger partial charge in [-0.2, -0.15) is 0 Å². The van der Waals surface area contributed by atoms with Gasteiger partial charge in [-0.15, -0.1) is 0 Å². The first kappa shape index (κ1) is 9.45. The fraction of sp³-hybridized carbons (Fsp3) is 0.200. The molecule has 3 nitrogen and oxygen atoms in total. The van der Waals surface area contributed by atoms with E-state index in [0.29, 0.717) is 11.3 Å². The van der Waals surface area contributed by atoms with Crippen molar-refractivity contribution in [3.63, 3.8) is 0 Å². The number of ketones is 1. The van der Waals surface area contributed by atoms with Crippen molar-refractivity contribution < 1.29 is 10.0 Å². The summed E-state index contributed by atoms with van der Waals surface area (Å²) in [7, 11) is 0. The van der Waals surface area contributed by atoms with Crippen LogP contribution in [0.5, 0.6) is 0 Å². The van der Waals surface area contributed by atoms with Gasteiger partial charge in [0.05, 0.1) is 5.71 Å². The van der Waals surface area contributed by atoms with Crippen LogP contribution >= 0.6 is 0 Å². The lowest BCUT2D eigenvalue weighted by molar-refractivity contribution is 0.101. The summed E-state index contributed by atoms with van der Waals surface area (Å²) in [5.41, 5.74) is 2.01. The number of carbonyl (C=O) groups is 1. The molecule has 0 spiro atoms. The molecular weight excluding hydrogens is 166 g/mol. The Hall–Kier alpha value is -1.64. The second-order valence-corrected chi connectivity index (χ2v) is 2.82. The third-order valence-corrected chi connectivity index (χ3v) is 1.86. The van der Waals surface area contributed by atoms with E-state index < -0.39 is 0 Å². The molecule has 0 heterocycles. The third kappa shape index (κ3) is 2.15. The van der Waals surface area contributed by atoms with E-state index in [-0.39, 0.29) is 5.78 Å². The van der Waals surface area contributed by atoms with Crippen LogP contribution in [0.4, 0.5) is 0 Å². The van der Waals surface area contributed by atoms with Crippen molar-refractivity contribution in [2.45, 2.75) is 13.8 Å². The first-order chi connectivity index (χ1) is 6.15. The van der Waals surface area contributed by atoms with Crippen molar-refractivity contribution in [2.24, 2.45) is 5.16 Å². The van der Waals surface area contributed by atoms with Crippen molar-refractivity contribution in [3.05, 3.63) is 35.4 Å². The smallest absolute Gasteiger partial charge is 0.159 e. The summed E-state index contributed by atoms with van der Waals surface area (Å²) in [6.07, 6.45) is 0.